The first-order valence-electron chi connectivity index (χ1n) is 11.9. The Kier molecular flexibility index (Phi) is 6.55. The Balaban J connectivity index is 1.35. The first-order valence-corrected chi connectivity index (χ1v) is 11.9. The lowest BCUT2D eigenvalue weighted by atomic mass is 10.1. The summed E-state index contributed by atoms with van der Waals surface area (Å²) >= 11 is 0. The predicted octanol–water partition coefficient (Wildman–Crippen LogP) is 3.83. The van der Waals surface area contributed by atoms with Gasteiger partial charge in [-0.1, -0.05) is 36.4 Å². The van der Waals surface area contributed by atoms with E-state index in [0.717, 1.165) is 24.0 Å². The number of piperazine rings is 1. The minimum atomic E-state index is -4.67. The van der Waals surface area contributed by atoms with Gasteiger partial charge < -0.3 is 14.7 Å². The van der Waals surface area contributed by atoms with E-state index in [2.05, 4.69) is 24.9 Å². The Bertz CT molecular complexity index is 1390. The fourth-order valence-corrected chi connectivity index (χ4v) is 4.40. The van der Waals surface area contributed by atoms with Crippen molar-refractivity contribution in [1.29, 1.82) is 0 Å². The molecule has 192 valence electrons. The van der Waals surface area contributed by atoms with Crippen LogP contribution in [-0.4, -0.2) is 75.6 Å². The summed E-state index contributed by atoms with van der Waals surface area (Å²) in [4.78, 5) is 27.8. The number of nitrogens with zero attached hydrogens (tertiary/aromatic N) is 7. The standard InChI is InChI=1S/C26H26F3N7O/c1-33(2)17-18-8-9-23(30-16-18)34-10-12-35(13-11-34)25(37)21-15-24-31-20(19-6-4-3-5-7-19)14-22(26(27,28)29)36(24)32-21/h3-9,14-16H,10-13,17H2,1-2H3. The number of alkyl halides is 3. The number of hydrogen-bond acceptors (Lipinski definition) is 6. The van der Waals surface area contributed by atoms with Gasteiger partial charge in [-0.2, -0.15) is 18.3 Å². The van der Waals surface area contributed by atoms with Gasteiger partial charge in [0.1, 0.15) is 5.82 Å². The number of carbonyl (C=O) groups is 1. The van der Waals surface area contributed by atoms with Crippen molar-refractivity contribution in [2.24, 2.45) is 0 Å². The van der Waals surface area contributed by atoms with E-state index in [9.17, 15) is 18.0 Å². The van der Waals surface area contributed by atoms with Crippen LogP contribution in [-0.2, 0) is 12.7 Å². The zero-order valence-corrected chi connectivity index (χ0v) is 20.5. The van der Waals surface area contributed by atoms with Crippen LogP contribution in [0.25, 0.3) is 16.9 Å². The molecule has 1 fully saturated rings. The lowest BCUT2D eigenvalue weighted by Crippen LogP contribution is -2.49. The number of hydrogen-bond donors (Lipinski definition) is 0. The van der Waals surface area contributed by atoms with E-state index >= 15 is 0 Å². The van der Waals surface area contributed by atoms with E-state index in [1.165, 1.54) is 6.07 Å². The number of pyridine rings is 1. The van der Waals surface area contributed by atoms with Gasteiger partial charge in [0.05, 0.1) is 5.69 Å². The topological polar surface area (TPSA) is 69.9 Å². The highest BCUT2D eigenvalue weighted by atomic mass is 19.4. The Labute approximate surface area is 212 Å². The van der Waals surface area contributed by atoms with Gasteiger partial charge in [0.15, 0.2) is 17.0 Å². The monoisotopic (exact) mass is 509 g/mol. The molecule has 5 rings (SSSR count). The number of rotatable bonds is 5. The highest BCUT2D eigenvalue weighted by Crippen LogP contribution is 2.32. The predicted molar refractivity (Wildman–Crippen MR) is 133 cm³/mol. The largest absolute Gasteiger partial charge is 0.433 e. The molecular formula is C26H26F3N7O. The molecule has 0 aliphatic carbocycles. The molecule has 0 radical (unpaired) electrons. The second-order valence-electron chi connectivity index (χ2n) is 9.23. The van der Waals surface area contributed by atoms with Gasteiger partial charge in [0.25, 0.3) is 5.91 Å². The quantitative estimate of drug-likeness (QED) is 0.407. The summed E-state index contributed by atoms with van der Waals surface area (Å²) in [5.74, 6) is 0.406. The first-order chi connectivity index (χ1) is 17.7. The average molecular weight is 510 g/mol. The fourth-order valence-electron chi connectivity index (χ4n) is 4.40. The third-order valence-electron chi connectivity index (χ3n) is 6.21. The van der Waals surface area contributed by atoms with Crippen LogP contribution in [0.5, 0.6) is 0 Å². The van der Waals surface area contributed by atoms with E-state index in [1.54, 1.807) is 35.2 Å². The van der Waals surface area contributed by atoms with E-state index in [0.29, 0.717) is 36.3 Å². The van der Waals surface area contributed by atoms with Crippen molar-refractivity contribution in [3.05, 3.63) is 77.7 Å². The van der Waals surface area contributed by atoms with E-state index in [1.807, 2.05) is 32.4 Å². The number of halogens is 3. The molecule has 0 bridgehead atoms. The summed E-state index contributed by atoms with van der Waals surface area (Å²) in [6, 6.07) is 14.9. The molecular weight excluding hydrogens is 483 g/mol. The summed E-state index contributed by atoms with van der Waals surface area (Å²) in [7, 11) is 3.99. The zero-order chi connectivity index (χ0) is 26.2. The number of benzene rings is 1. The average Bonchev–Trinajstić information content (AvgIpc) is 3.32. The smallest absolute Gasteiger partial charge is 0.353 e. The minimum Gasteiger partial charge on any atom is -0.353 e. The van der Waals surface area contributed by atoms with Crippen molar-refractivity contribution in [2.45, 2.75) is 12.7 Å². The molecule has 0 N–H and O–H groups in total. The molecule has 0 unspecified atom stereocenters. The number of amides is 1. The van der Waals surface area contributed by atoms with Crippen LogP contribution in [0.1, 0.15) is 21.7 Å². The second-order valence-corrected chi connectivity index (χ2v) is 9.23. The van der Waals surface area contributed by atoms with E-state index < -0.39 is 17.8 Å². The van der Waals surface area contributed by atoms with Crippen LogP contribution in [0, 0.1) is 0 Å². The Hall–Kier alpha value is -3.99. The van der Waals surface area contributed by atoms with Gasteiger partial charge in [0, 0.05) is 50.6 Å². The maximum atomic E-state index is 13.9. The van der Waals surface area contributed by atoms with Crippen LogP contribution in [0.3, 0.4) is 0 Å². The molecule has 1 aliphatic rings. The molecule has 0 atom stereocenters. The maximum Gasteiger partial charge on any atom is 0.433 e. The minimum absolute atomic E-state index is 0.0299. The Morgan fingerprint density at radius 1 is 1.00 bits per heavy atom. The van der Waals surface area contributed by atoms with Crippen LogP contribution < -0.4 is 4.90 Å². The fraction of sp³-hybridized carbons (Fsp3) is 0.308. The highest BCUT2D eigenvalue weighted by Gasteiger charge is 2.36. The summed E-state index contributed by atoms with van der Waals surface area (Å²) in [6.07, 6.45) is -2.82. The summed E-state index contributed by atoms with van der Waals surface area (Å²) in [5.41, 5.74) is 0.738. The molecule has 37 heavy (non-hydrogen) atoms. The number of aromatic nitrogens is 4. The second kappa shape index (κ2) is 9.81. The summed E-state index contributed by atoms with van der Waals surface area (Å²) < 4.78 is 42.3. The van der Waals surface area contributed by atoms with Gasteiger partial charge >= 0.3 is 6.18 Å². The van der Waals surface area contributed by atoms with E-state index in [4.69, 9.17) is 0 Å². The first kappa shape index (κ1) is 24.7. The lowest BCUT2D eigenvalue weighted by Gasteiger charge is -2.35. The molecule has 1 saturated heterocycles. The Morgan fingerprint density at radius 3 is 2.35 bits per heavy atom. The molecule has 0 saturated carbocycles. The van der Waals surface area contributed by atoms with Crippen molar-refractivity contribution in [3.63, 3.8) is 0 Å². The van der Waals surface area contributed by atoms with E-state index in [-0.39, 0.29) is 17.0 Å². The molecule has 1 amide bonds. The molecule has 4 aromatic rings. The molecule has 4 heterocycles. The molecule has 8 nitrogen and oxygen atoms in total. The molecule has 11 heteroatoms. The van der Waals surface area contributed by atoms with Crippen molar-refractivity contribution in [3.8, 4) is 11.3 Å². The van der Waals surface area contributed by atoms with Crippen molar-refractivity contribution >= 4 is 17.4 Å². The van der Waals surface area contributed by atoms with Crippen molar-refractivity contribution in [2.75, 3.05) is 45.2 Å². The highest BCUT2D eigenvalue weighted by molar-refractivity contribution is 5.93. The summed E-state index contributed by atoms with van der Waals surface area (Å²) in [6.45, 7) is 2.73. The normalized spacial score (nSPS) is 14.5. The van der Waals surface area contributed by atoms with Crippen LogP contribution in [0.4, 0.5) is 19.0 Å². The number of fused-ring (bicyclic) bond motifs is 1. The Morgan fingerprint density at radius 2 is 1.73 bits per heavy atom. The van der Waals surface area contributed by atoms with Crippen LogP contribution in [0.15, 0.2) is 60.8 Å². The van der Waals surface area contributed by atoms with Gasteiger partial charge in [-0.25, -0.2) is 14.5 Å². The van der Waals surface area contributed by atoms with Gasteiger partial charge in [-0.3, -0.25) is 4.79 Å². The van der Waals surface area contributed by atoms with Crippen LogP contribution in [0.2, 0.25) is 0 Å². The SMILES string of the molecule is CN(C)Cc1ccc(N2CCN(C(=O)c3cc4nc(-c5ccccc5)cc(C(F)(F)F)n4n3)CC2)nc1. The van der Waals surface area contributed by atoms with Gasteiger partial charge in [0.2, 0.25) is 0 Å². The molecule has 0 spiro atoms. The van der Waals surface area contributed by atoms with Crippen molar-refractivity contribution < 1.29 is 18.0 Å². The van der Waals surface area contributed by atoms with Crippen LogP contribution >= 0.6 is 0 Å². The van der Waals surface area contributed by atoms with Gasteiger partial charge in [-0.15, -0.1) is 0 Å². The van der Waals surface area contributed by atoms with Crippen molar-refractivity contribution in [1.82, 2.24) is 29.4 Å². The lowest BCUT2D eigenvalue weighted by molar-refractivity contribution is -0.142. The maximum absolute atomic E-state index is 13.9. The van der Waals surface area contributed by atoms with Gasteiger partial charge in [-0.05, 0) is 31.8 Å². The molecule has 1 aromatic carbocycles. The molecule has 3 aromatic heterocycles. The number of anilines is 1. The number of carbonyl (C=O) groups excluding carboxylic acids is 1. The summed E-state index contributed by atoms with van der Waals surface area (Å²) in [5, 5.41) is 4.01. The zero-order valence-electron chi connectivity index (χ0n) is 20.5. The third-order valence-corrected chi connectivity index (χ3v) is 6.21. The molecule has 1 aliphatic heterocycles. The third kappa shape index (κ3) is 5.26.